The number of nitrogens with zero attached hydrogens (tertiary/aromatic N) is 2. The first-order valence-electron chi connectivity index (χ1n) is 7.38. The number of nitrogens with one attached hydrogen (secondary N) is 1. The van der Waals surface area contributed by atoms with Crippen molar-refractivity contribution in [1.29, 1.82) is 0 Å². The largest absolute Gasteiger partial charge is 0.378 e. The first-order chi connectivity index (χ1) is 9.84. The lowest BCUT2D eigenvalue weighted by Gasteiger charge is -2.27. The molecule has 5 heteroatoms. The summed E-state index contributed by atoms with van der Waals surface area (Å²) in [6, 6.07) is 3.94. The van der Waals surface area contributed by atoms with E-state index >= 15 is 0 Å². The quantitative estimate of drug-likeness (QED) is 0.875. The monoisotopic (exact) mass is 275 g/mol. The summed E-state index contributed by atoms with van der Waals surface area (Å²) in [4.78, 5) is 18.7. The fourth-order valence-corrected chi connectivity index (χ4v) is 2.84. The van der Waals surface area contributed by atoms with E-state index in [2.05, 4.69) is 10.3 Å². The van der Waals surface area contributed by atoms with Gasteiger partial charge in [0.25, 0.3) is 5.91 Å². The lowest BCUT2D eigenvalue weighted by Crippen LogP contribution is -2.40. The molecule has 3 rings (SSSR count). The van der Waals surface area contributed by atoms with Gasteiger partial charge in [-0.1, -0.05) is 0 Å². The highest BCUT2D eigenvalue weighted by atomic mass is 16.5. The van der Waals surface area contributed by atoms with Gasteiger partial charge in [0.15, 0.2) is 0 Å². The number of ether oxygens (including phenoxy) is 1. The van der Waals surface area contributed by atoms with Crippen LogP contribution >= 0.6 is 0 Å². The van der Waals surface area contributed by atoms with Crippen molar-refractivity contribution in [2.24, 2.45) is 0 Å². The third-order valence-corrected chi connectivity index (χ3v) is 4.09. The highest BCUT2D eigenvalue weighted by Gasteiger charge is 2.20. The van der Waals surface area contributed by atoms with Crippen LogP contribution in [-0.4, -0.2) is 55.2 Å². The molecule has 2 saturated heterocycles. The van der Waals surface area contributed by atoms with Gasteiger partial charge in [-0.05, 0) is 38.1 Å². The molecule has 3 heterocycles. The summed E-state index contributed by atoms with van der Waals surface area (Å²) in [5, 5.41) is 3.36. The molecular weight excluding hydrogens is 254 g/mol. The highest BCUT2D eigenvalue weighted by molar-refractivity contribution is 5.94. The lowest BCUT2D eigenvalue weighted by atomic mass is 9.94. The number of morpholine rings is 1. The summed E-state index contributed by atoms with van der Waals surface area (Å²) in [5.41, 5.74) is 1.80. The van der Waals surface area contributed by atoms with Crippen molar-refractivity contribution in [1.82, 2.24) is 15.2 Å². The summed E-state index contributed by atoms with van der Waals surface area (Å²) in [5.74, 6) is 0.599. The van der Waals surface area contributed by atoms with Gasteiger partial charge >= 0.3 is 0 Å². The van der Waals surface area contributed by atoms with Gasteiger partial charge in [0.1, 0.15) is 0 Å². The minimum Gasteiger partial charge on any atom is -0.378 e. The molecule has 0 bridgehead atoms. The Morgan fingerprint density at radius 1 is 1.25 bits per heavy atom. The smallest absolute Gasteiger partial charge is 0.255 e. The van der Waals surface area contributed by atoms with E-state index in [1.165, 1.54) is 0 Å². The predicted octanol–water partition coefficient (Wildman–Crippen LogP) is 1.02. The molecule has 20 heavy (non-hydrogen) atoms. The van der Waals surface area contributed by atoms with Gasteiger partial charge in [0.05, 0.1) is 18.8 Å². The van der Waals surface area contributed by atoms with Crippen LogP contribution in [0.5, 0.6) is 0 Å². The van der Waals surface area contributed by atoms with Gasteiger partial charge in [-0.2, -0.15) is 0 Å². The Bertz CT molecular complexity index is 449. The molecule has 1 amide bonds. The zero-order valence-corrected chi connectivity index (χ0v) is 11.7. The van der Waals surface area contributed by atoms with Crippen molar-refractivity contribution in [2.75, 3.05) is 39.4 Å². The first kappa shape index (κ1) is 13.5. The topological polar surface area (TPSA) is 54.5 Å². The molecule has 1 aromatic rings. The molecule has 0 radical (unpaired) electrons. The molecule has 0 unspecified atom stereocenters. The van der Waals surface area contributed by atoms with E-state index in [0.717, 1.165) is 31.6 Å². The third-order valence-electron chi connectivity index (χ3n) is 4.09. The zero-order chi connectivity index (χ0) is 13.8. The highest BCUT2D eigenvalue weighted by Crippen LogP contribution is 2.23. The van der Waals surface area contributed by atoms with Crippen molar-refractivity contribution in [3.8, 4) is 0 Å². The van der Waals surface area contributed by atoms with Crippen molar-refractivity contribution in [3.63, 3.8) is 0 Å². The Morgan fingerprint density at radius 2 is 2.00 bits per heavy atom. The summed E-state index contributed by atoms with van der Waals surface area (Å²) in [7, 11) is 0. The maximum Gasteiger partial charge on any atom is 0.255 e. The molecule has 0 saturated carbocycles. The average Bonchev–Trinajstić information content (AvgIpc) is 2.56. The van der Waals surface area contributed by atoms with Crippen molar-refractivity contribution < 1.29 is 9.53 Å². The van der Waals surface area contributed by atoms with E-state index in [0.29, 0.717) is 37.8 Å². The van der Waals surface area contributed by atoms with Gasteiger partial charge in [-0.15, -0.1) is 0 Å². The van der Waals surface area contributed by atoms with Gasteiger partial charge in [0.2, 0.25) is 0 Å². The lowest BCUT2D eigenvalue weighted by molar-refractivity contribution is 0.0302. The van der Waals surface area contributed by atoms with Gasteiger partial charge < -0.3 is 15.0 Å². The van der Waals surface area contributed by atoms with Crippen LogP contribution < -0.4 is 5.32 Å². The van der Waals surface area contributed by atoms with Crippen LogP contribution in [0.25, 0.3) is 0 Å². The molecule has 2 fully saturated rings. The standard InChI is InChI=1S/C15H21N3O2/c19-15(18-7-9-20-10-8-18)13-1-2-14(17-11-13)12-3-5-16-6-4-12/h1-2,11-12,16H,3-10H2. The number of carbonyl (C=O) groups is 1. The summed E-state index contributed by atoms with van der Waals surface area (Å²) < 4.78 is 5.27. The molecule has 1 aromatic heterocycles. The number of carbonyl (C=O) groups excluding carboxylic acids is 1. The molecule has 2 aliphatic heterocycles. The SMILES string of the molecule is O=C(c1ccc(C2CCNCC2)nc1)N1CCOCC1. The Kier molecular flexibility index (Phi) is 4.28. The average molecular weight is 275 g/mol. The predicted molar refractivity (Wildman–Crippen MR) is 75.8 cm³/mol. The van der Waals surface area contributed by atoms with E-state index in [1.807, 2.05) is 17.0 Å². The van der Waals surface area contributed by atoms with Crippen LogP contribution in [0.3, 0.4) is 0 Å². The summed E-state index contributed by atoms with van der Waals surface area (Å²) in [6.45, 7) is 4.73. The van der Waals surface area contributed by atoms with Gasteiger partial charge in [0, 0.05) is 30.9 Å². The summed E-state index contributed by atoms with van der Waals surface area (Å²) in [6.07, 6.45) is 3.99. The first-order valence-corrected chi connectivity index (χ1v) is 7.38. The van der Waals surface area contributed by atoms with Crippen molar-refractivity contribution in [3.05, 3.63) is 29.6 Å². The Labute approximate surface area is 119 Å². The Balaban J connectivity index is 1.67. The number of amides is 1. The fraction of sp³-hybridized carbons (Fsp3) is 0.600. The number of rotatable bonds is 2. The van der Waals surface area contributed by atoms with Crippen LogP contribution in [-0.2, 0) is 4.74 Å². The Morgan fingerprint density at radius 3 is 2.65 bits per heavy atom. The van der Waals surface area contributed by atoms with Crippen molar-refractivity contribution >= 4 is 5.91 Å². The molecule has 1 N–H and O–H groups in total. The minimum absolute atomic E-state index is 0.0673. The third kappa shape index (κ3) is 2.99. The van der Waals surface area contributed by atoms with Crippen LogP contribution in [0, 0.1) is 0 Å². The Hall–Kier alpha value is -1.46. The maximum absolute atomic E-state index is 12.3. The molecule has 0 aromatic carbocycles. The van der Waals surface area contributed by atoms with Crippen LogP contribution in [0.1, 0.15) is 34.8 Å². The van der Waals surface area contributed by atoms with E-state index in [-0.39, 0.29) is 5.91 Å². The molecule has 108 valence electrons. The summed E-state index contributed by atoms with van der Waals surface area (Å²) >= 11 is 0. The molecule has 0 spiro atoms. The molecular formula is C15H21N3O2. The zero-order valence-electron chi connectivity index (χ0n) is 11.7. The minimum atomic E-state index is 0.0673. The van der Waals surface area contributed by atoms with Gasteiger partial charge in [-0.25, -0.2) is 0 Å². The van der Waals surface area contributed by atoms with E-state index in [9.17, 15) is 4.79 Å². The fourth-order valence-electron chi connectivity index (χ4n) is 2.84. The van der Waals surface area contributed by atoms with Crippen LogP contribution in [0.2, 0.25) is 0 Å². The van der Waals surface area contributed by atoms with E-state index in [1.54, 1.807) is 6.20 Å². The van der Waals surface area contributed by atoms with Crippen LogP contribution in [0.15, 0.2) is 18.3 Å². The van der Waals surface area contributed by atoms with E-state index < -0.39 is 0 Å². The number of piperidine rings is 1. The van der Waals surface area contributed by atoms with Crippen molar-refractivity contribution in [2.45, 2.75) is 18.8 Å². The number of hydrogen-bond donors (Lipinski definition) is 1. The maximum atomic E-state index is 12.3. The number of pyridine rings is 1. The second-order valence-corrected chi connectivity index (χ2v) is 5.40. The number of hydrogen-bond acceptors (Lipinski definition) is 4. The molecule has 5 nitrogen and oxygen atoms in total. The van der Waals surface area contributed by atoms with E-state index in [4.69, 9.17) is 4.74 Å². The molecule has 0 atom stereocenters. The molecule has 2 aliphatic rings. The van der Waals surface area contributed by atoms with Gasteiger partial charge in [-0.3, -0.25) is 9.78 Å². The molecule has 0 aliphatic carbocycles. The second kappa shape index (κ2) is 6.33. The number of aromatic nitrogens is 1. The van der Waals surface area contributed by atoms with Crippen LogP contribution in [0.4, 0.5) is 0 Å². The second-order valence-electron chi connectivity index (χ2n) is 5.40. The normalized spacial score (nSPS) is 20.9.